The van der Waals surface area contributed by atoms with E-state index in [4.69, 9.17) is 0 Å². The lowest BCUT2D eigenvalue weighted by atomic mass is 10.2. The van der Waals surface area contributed by atoms with Crippen LogP contribution in [-0.4, -0.2) is 9.55 Å². The number of benzene rings is 1. The standard InChI is InChI=1S/C16H18N2/c1-4-5-7-12-16-13(2)18(14(3)17-16)15-10-8-6-9-11-15/h4-12H,1-3H3/b5-4-,12-7-. The van der Waals surface area contributed by atoms with Gasteiger partial charge in [0.2, 0.25) is 0 Å². The van der Waals surface area contributed by atoms with Crippen molar-refractivity contribution in [3.05, 3.63) is 65.8 Å². The van der Waals surface area contributed by atoms with E-state index >= 15 is 0 Å². The number of nitrogens with zero attached hydrogens (tertiary/aromatic N) is 2. The smallest absolute Gasteiger partial charge is 0.111 e. The molecule has 0 aliphatic carbocycles. The van der Waals surface area contributed by atoms with Gasteiger partial charge >= 0.3 is 0 Å². The molecule has 0 radical (unpaired) electrons. The Morgan fingerprint density at radius 3 is 2.44 bits per heavy atom. The van der Waals surface area contributed by atoms with Crippen molar-refractivity contribution < 1.29 is 0 Å². The first kappa shape index (κ1) is 12.4. The topological polar surface area (TPSA) is 17.8 Å². The van der Waals surface area contributed by atoms with Gasteiger partial charge in [-0.05, 0) is 39.0 Å². The van der Waals surface area contributed by atoms with Crippen LogP contribution < -0.4 is 0 Å². The predicted octanol–water partition coefficient (Wildman–Crippen LogP) is 4.08. The van der Waals surface area contributed by atoms with Crippen LogP contribution in [0.3, 0.4) is 0 Å². The largest absolute Gasteiger partial charge is 0.301 e. The zero-order valence-corrected chi connectivity index (χ0v) is 11.1. The Balaban J connectivity index is 2.45. The average Bonchev–Trinajstić information content (AvgIpc) is 2.66. The molecule has 2 aromatic rings. The third kappa shape index (κ3) is 2.43. The van der Waals surface area contributed by atoms with Gasteiger partial charge in [-0.2, -0.15) is 0 Å². The zero-order valence-electron chi connectivity index (χ0n) is 11.1. The average molecular weight is 238 g/mol. The molecule has 2 heteroatoms. The van der Waals surface area contributed by atoms with Crippen molar-refractivity contribution in [2.45, 2.75) is 20.8 Å². The van der Waals surface area contributed by atoms with Crippen LogP contribution in [0.25, 0.3) is 11.8 Å². The van der Waals surface area contributed by atoms with E-state index in [2.05, 4.69) is 28.6 Å². The number of aryl methyl sites for hydroxylation is 1. The van der Waals surface area contributed by atoms with Crippen LogP contribution in [0.2, 0.25) is 0 Å². The third-order valence-electron chi connectivity index (χ3n) is 2.88. The third-order valence-corrected chi connectivity index (χ3v) is 2.88. The molecule has 0 amide bonds. The van der Waals surface area contributed by atoms with Crippen LogP contribution in [0.1, 0.15) is 24.1 Å². The minimum absolute atomic E-state index is 1.01. The van der Waals surface area contributed by atoms with E-state index in [0.29, 0.717) is 0 Å². The first-order valence-electron chi connectivity index (χ1n) is 6.14. The lowest BCUT2D eigenvalue weighted by Gasteiger charge is -2.07. The number of allylic oxidation sites excluding steroid dienone is 3. The van der Waals surface area contributed by atoms with E-state index in [0.717, 1.165) is 17.2 Å². The predicted molar refractivity (Wildman–Crippen MR) is 76.9 cm³/mol. The minimum Gasteiger partial charge on any atom is -0.301 e. The Bertz CT molecular complexity index is 575. The van der Waals surface area contributed by atoms with E-state index in [1.54, 1.807) is 0 Å². The van der Waals surface area contributed by atoms with Gasteiger partial charge in [-0.25, -0.2) is 4.98 Å². The summed E-state index contributed by atoms with van der Waals surface area (Å²) in [5, 5.41) is 0. The molecule has 1 aromatic heterocycles. The molecule has 2 rings (SSSR count). The second kappa shape index (κ2) is 5.50. The molecule has 1 heterocycles. The van der Waals surface area contributed by atoms with Gasteiger partial charge < -0.3 is 4.57 Å². The molecule has 0 bridgehead atoms. The molecule has 92 valence electrons. The van der Waals surface area contributed by atoms with E-state index in [1.807, 2.05) is 56.4 Å². The van der Waals surface area contributed by atoms with Crippen molar-refractivity contribution in [1.82, 2.24) is 9.55 Å². The summed E-state index contributed by atoms with van der Waals surface area (Å²) in [6.07, 6.45) is 8.08. The summed E-state index contributed by atoms with van der Waals surface area (Å²) in [5.41, 5.74) is 3.35. The Hall–Kier alpha value is -2.09. The summed E-state index contributed by atoms with van der Waals surface area (Å²) in [5.74, 6) is 1.01. The lowest BCUT2D eigenvalue weighted by molar-refractivity contribution is 0.941. The fourth-order valence-corrected chi connectivity index (χ4v) is 2.04. The molecule has 0 fully saturated rings. The molecule has 0 aliphatic heterocycles. The normalized spacial score (nSPS) is 11.7. The van der Waals surface area contributed by atoms with Gasteiger partial charge in [0, 0.05) is 11.4 Å². The molecular weight excluding hydrogens is 220 g/mol. The highest BCUT2D eigenvalue weighted by molar-refractivity contribution is 5.52. The van der Waals surface area contributed by atoms with Crippen molar-refractivity contribution >= 4 is 6.08 Å². The maximum absolute atomic E-state index is 4.60. The van der Waals surface area contributed by atoms with Gasteiger partial charge in [0.05, 0.1) is 5.69 Å². The van der Waals surface area contributed by atoms with E-state index in [-0.39, 0.29) is 0 Å². The Kier molecular flexibility index (Phi) is 3.78. The molecule has 18 heavy (non-hydrogen) atoms. The van der Waals surface area contributed by atoms with Gasteiger partial charge in [-0.15, -0.1) is 0 Å². The second-order valence-electron chi connectivity index (χ2n) is 4.19. The fraction of sp³-hybridized carbons (Fsp3) is 0.188. The summed E-state index contributed by atoms with van der Waals surface area (Å²) in [6, 6.07) is 10.3. The highest BCUT2D eigenvalue weighted by Gasteiger charge is 2.09. The Morgan fingerprint density at radius 2 is 1.78 bits per heavy atom. The van der Waals surface area contributed by atoms with Crippen molar-refractivity contribution in [2.75, 3.05) is 0 Å². The molecule has 0 spiro atoms. The summed E-state index contributed by atoms with van der Waals surface area (Å²) >= 11 is 0. The number of aromatic nitrogens is 2. The molecule has 2 nitrogen and oxygen atoms in total. The van der Waals surface area contributed by atoms with E-state index < -0.39 is 0 Å². The molecule has 0 unspecified atom stereocenters. The Labute approximate surface area is 108 Å². The van der Waals surface area contributed by atoms with E-state index in [1.165, 1.54) is 5.69 Å². The Morgan fingerprint density at radius 1 is 1.06 bits per heavy atom. The van der Waals surface area contributed by atoms with Gasteiger partial charge in [0.15, 0.2) is 0 Å². The molecule has 0 N–H and O–H groups in total. The maximum atomic E-state index is 4.60. The van der Waals surface area contributed by atoms with Crippen LogP contribution in [0.5, 0.6) is 0 Å². The lowest BCUT2D eigenvalue weighted by Crippen LogP contribution is -1.98. The van der Waals surface area contributed by atoms with Crippen LogP contribution in [-0.2, 0) is 0 Å². The highest BCUT2D eigenvalue weighted by Crippen LogP contribution is 2.18. The monoisotopic (exact) mass is 238 g/mol. The number of imidazole rings is 1. The SMILES string of the molecule is C/C=C\C=C/c1nc(C)n(-c2ccccc2)c1C. The number of rotatable bonds is 3. The van der Waals surface area contributed by atoms with Crippen molar-refractivity contribution in [1.29, 1.82) is 0 Å². The summed E-state index contributed by atoms with van der Waals surface area (Å²) in [4.78, 5) is 4.60. The van der Waals surface area contributed by atoms with Gasteiger partial charge in [0.25, 0.3) is 0 Å². The quantitative estimate of drug-likeness (QED) is 0.737. The van der Waals surface area contributed by atoms with Gasteiger partial charge in [-0.1, -0.05) is 36.4 Å². The highest BCUT2D eigenvalue weighted by atomic mass is 15.1. The van der Waals surface area contributed by atoms with Gasteiger partial charge in [-0.3, -0.25) is 0 Å². The molecule has 0 atom stereocenters. The fourth-order valence-electron chi connectivity index (χ4n) is 2.04. The maximum Gasteiger partial charge on any atom is 0.111 e. The van der Waals surface area contributed by atoms with Crippen molar-refractivity contribution in [3.8, 4) is 5.69 Å². The first-order chi connectivity index (χ1) is 8.74. The van der Waals surface area contributed by atoms with Crippen LogP contribution in [0.15, 0.2) is 48.6 Å². The molecule has 1 aromatic carbocycles. The number of para-hydroxylation sites is 1. The number of hydrogen-bond acceptors (Lipinski definition) is 1. The van der Waals surface area contributed by atoms with E-state index in [9.17, 15) is 0 Å². The molecule has 0 aliphatic rings. The first-order valence-corrected chi connectivity index (χ1v) is 6.14. The van der Waals surface area contributed by atoms with Crippen LogP contribution >= 0.6 is 0 Å². The second-order valence-corrected chi connectivity index (χ2v) is 4.19. The van der Waals surface area contributed by atoms with Crippen molar-refractivity contribution in [2.24, 2.45) is 0 Å². The summed E-state index contributed by atoms with van der Waals surface area (Å²) in [6.45, 7) is 6.14. The minimum atomic E-state index is 1.01. The van der Waals surface area contributed by atoms with Crippen molar-refractivity contribution in [3.63, 3.8) is 0 Å². The molecular formula is C16H18N2. The molecule has 0 saturated heterocycles. The van der Waals surface area contributed by atoms with Gasteiger partial charge in [0.1, 0.15) is 5.82 Å². The number of hydrogen-bond donors (Lipinski definition) is 0. The molecule has 0 saturated carbocycles. The summed E-state index contributed by atoms with van der Waals surface area (Å²) < 4.78 is 2.18. The summed E-state index contributed by atoms with van der Waals surface area (Å²) in [7, 11) is 0. The van der Waals surface area contributed by atoms with Crippen LogP contribution in [0, 0.1) is 13.8 Å². The van der Waals surface area contributed by atoms with Crippen LogP contribution in [0.4, 0.5) is 0 Å². The zero-order chi connectivity index (χ0) is 13.0.